The molecule has 2 aromatic heterocycles. The average molecular weight is 385 g/mol. The van der Waals surface area contributed by atoms with E-state index in [1.165, 1.54) is 0 Å². The Labute approximate surface area is 165 Å². The van der Waals surface area contributed by atoms with E-state index >= 15 is 0 Å². The van der Waals surface area contributed by atoms with Crippen LogP contribution >= 0.6 is 0 Å². The Kier molecular flexibility index (Phi) is 5.35. The molecule has 7 nitrogen and oxygen atoms in total. The molecule has 1 unspecified atom stereocenters. The molecule has 7 heteroatoms. The van der Waals surface area contributed by atoms with Crippen LogP contribution in [0.25, 0.3) is 0 Å². The van der Waals surface area contributed by atoms with Gasteiger partial charge in [0.2, 0.25) is 5.88 Å². The van der Waals surface area contributed by atoms with Crippen molar-refractivity contribution in [3.8, 4) is 5.88 Å². The lowest BCUT2D eigenvalue weighted by molar-refractivity contribution is -0.119. The van der Waals surface area contributed by atoms with E-state index in [1.54, 1.807) is 6.20 Å². The lowest BCUT2D eigenvalue weighted by Crippen LogP contribution is -2.66. The smallest absolute Gasteiger partial charge is 0.259 e. The molecule has 1 amide bonds. The summed E-state index contributed by atoms with van der Waals surface area (Å²) in [5.41, 5.74) is 1.06. The Balaban J connectivity index is 1.34. The van der Waals surface area contributed by atoms with Gasteiger partial charge in [0.05, 0.1) is 25.4 Å². The molecule has 0 N–H and O–H groups in total. The Bertz CT molecular complexity index is 814. The maximum Gasteiger partial charge on any atom is 0.259 e. The number of aromatic nitrogens is 2. The first kappa shape index (κ1) is 18.9. The minimum Gasteiger partial charge on any atom is -0.478 e. The molecule has 2 aromatic rings. The molecule has 0 aliphatic carbocycles. The highest BCUT2D eigenvalue weighted by atomic mass is 16.5. The van der Waals surface area contributed by atoms with Crippen molar-refractivity contribution in [3.63, 3.8) is 0 Å². The van der Waals surface area contributed by atoms with Crippen LogP contribution in [0, 0.1) is 12.8 Å². The fraction of sp³-hybridized carbons (Fsp3) is 0.571. The number of ether oxygens (including phenoxy) is 2. The first-order chi connectivity index (χ1) is 13.6. The number of pyridine rings is 1. The summed E-state index contributed by atoms with van der Waals surface area (Å²) in [5, 5.41) is 3.99. The summed E-state index contributed by atoms with van der Waals surface area (Å²) in [6.45, 7) is 6.48. The van der Waals surface area contributed by atoms with Crippen LogP contribution in [-0.2, 0) is 11.2 Å². The van der Waals surface area contributed by atoms with Gasteiger partial charge in [0.25, 0.3) is 5.91 Å². The number of hydrogen-bond acceptors (Lipinski definition) is 6. The number of carbonyl (C=O) groups excluding carboxylic acids is 1. The van der Waals surface area contributed by atoms with E-state index in [1.807, 2.05) is 30.0 Å². The second-order valence-corrected chi connectivity index (χ2v) is 7.68. The first-order valence-corrected chi connectivity index (χ1v) is 10.0. The van der Waals surface area contributed by atoms with Crippen LogP contribution in [0.5, 0.6) is 5.88 Å². The summed E-state index contributed by atoms with van der Waals surface area (Å²) in [6.07, 6.45) is 5.27. The number of carbonyl (C=O) groups is 1. The van der Waals surface area contributed by atoms with Gasteiger partial charge in [-0.25, -0.2) is 4.98 Å². The van der Waals surface area contributed by atoms with E-state index in [4.69, 9.17) is 14.0 Å². The monoisotopic (exact) mass is 385 g/mol. The van der Waals surface area contributed by atoms with E-state index < -0.39 is 0 Å². The minimum absolute atomic E-state index is 0.00631. The number of rotatable bonds is 7. The van der Waals surface area contributed by atoms with Gasteiger partial charge in [-0.2, -0.15) is 0 Å². The molecule has 0 saturated carbocycles. The summed E-state index contributed by atoms with van der Waals surface area (Å²) in [4.78, 5) is 19.0. The predicted octanol–water partition coefficient (Wildman–Crippen LogP) is 3.03. The summed E-state index contributed by atoms with van der Waals surface area (Å²) >= 11 is 0. The molecule has 4 rings (SSSR count). The van der Waals surface area contributed by atoms with Crippen molar-refractivity contribution in [1.29, 1.82) is 0 Å². The molecule has 1 spiro atoms. The lowest BCUT2D eigenvalue weighted by atomic mass is 9.78. The highest BCUT2D eigenvalue weighted by Gasteiger charge is 2.54. The molecule has 4 heterocycles. The molecule has 28 heavy (non-hydrogen) atoms. The highest BCUT2D eigenvalue weighted by molar-refractivity contribution is 5.96. The van der Waals surface area contributed by atoms with Crippen molar-refractivity contribution >= 4 is 5.91 Å². The predicted molar refractivity (Wildman–Crippen MR) is 102 cm³/mol. The van der Waals surface area contributed by atoms with Crippen LogP contribution in [0.3, 0.4) is 0 Å². The maximum atomic E-state index is 13.0. The van der Waals surface area contributed by atoms with E-state index in [9.17, 15) is 4.79 Å². The van der Waals surface area contributed by atoms with Gasteiger partial charge in [0.1, 0.15) is 16.9 Å². The third-order valence-electron chi connectivity index (χ3n) is 5.78. The summed E-state index contributed by atoms with van der Waals surface area (Å²) in [7, 11) is 0. The zero-order chi connectivity index (χ0) is 19.6. The van der Waals surface area contributed by atoms with Gasteiger partial charge in [-0.15, -0.1) is 0 Å². The number of aryl methyl sites for hydroxylation is 2. The first-order valence-electron chi connectivity index (χ1n) is 10.0. The SMILES string of the molecule is CCCc1onc(C)c1C(=O)N1CC2(C1)OCCC2CCOc1ccccn1. The fourth-order valence-corrected chi connectivity index (χ4v) is 4.27. The third-order valence-corrected chi connectivity index (χ3v) is 5.78. The molecular weight excluding hydrogens is 358 g/mol. The number of likely N-dealkylation sites (tertiary alicyclic amines) is 1. The molecule has 150 valence electrons. The van der Waals surface area contributed by atoms with E-state index in [0.717, 1.165) is 32.3 Å². The molecule has 2 aliphatic rings. The van der Waals surface area contributed by atoms with Crippen LogP contribution in [0.1, 0.15) is 48.0 Å². The van der Waals surface area contributed by atoms with Crippen LogP contribution in [0.2, 0.25) is 0 Å². The Morgan fingerprint density at radius 2 is 2.25 bits per heavy atom. The molecule has 0 radical (unpaired) electrons. The van der Waals surface area contributed by atoms with Gasteiger partial charge < -0.3 is 18.9 Å². The number of amides is 1. The largest absolute Gasteiger partial charge is 0.478 e. The van der Waals surface area contributed by atoms with Crippen molar-refractivity contribution in [3.05, 3.63) is 41.4 Å². The molecular formula is C21H27N3O4. The zero-order valence-corrected chi connectivity index (χ0v) is 16.5. The van der Waals surface area contributed by atoms with Gasteiger partial charge in [-0.05, 0) is 38.2 Å². The van der Waals surface area contributed by atoms with E-state index in [-0.39, 0.29) is 11.5 Å². The highest BCUT2D eigenvalue weighted by Crippen LogP contribution is 2.42. The van der Waals surface area contributed by atoms with Crippen molar-refractivity contribution < 1.29 is 18.8 Å². The second-order valence-electron chi connectivity index (χ2n) is 7.68. The zero-order valence-electron chi connectivity index (χ0n) is 16.5. The molecule has 2 saturated heterocycles. The van der Waals surface area contributed by atoms with Gasteiger partial charge in [-0.3, -0.25) is 4.79 Å². The number of hydrogen-bond donors (Lipinski definition) is 0. The van der Waals surface area contributed by atoms with Gasteiger partial charge in [0, 0.05) is 25.3 Å². The fourth-order valence-electron chi connectivity index (χ4n) is 4.27. The number of nitrogens with zero attached hydrogens (tertiary/aromatic N) is 3. The van der Waals surface area contributed by atoms with Gasteiger partial charge >= 0.3 is 0 Å². The lowest BCUT2D eigenvalue weighted by Gasteiger charge is -2.50. The second kappa shape index (κ2) is 7.91. The summed E-state index contributed by atoms with van der Waals surface area (Å²) in [5.74, 6) is 1.73. The summed E-state index contributed by atoms with van der Waals surface area (Å²) in [6, 6.07) is 5.65. The maximum absolute atomic E-state index is 13.0. The van der Waals surface area contributed by atoms with Crippen LogP contribution in [-0.4, -0.2) is 52.9 Å². The summed E-state index contributed by atoms with van der Waals surface area (Å²) < 4.78 is 17.2. The van der Waals surface area contributed by atoms with E-state index in [2.05, 4.69) is 17.1 Å². The van der Waals surface area contributed by atoms with Gasteiger partial charge in [-0.1, -0.05) is 18.1 Å². The quantitative estimate of drug-likeness (QED) is 0.729. The molecule has 0 aromatic carbocycles. The molecule has 2 fully saturated rings. The van der Waals surface area contributed by atoms with Crippen molar-refractivity contribution in [2.75, 3.05) is 26.3 Å². The molecule has 0 bridgehead atoms. The van der Waals surface area contributed by atoms with Crippen molar-refractivity contribution in [2.45, 2.75) is 45.1 Å². The van der Waals surface area contributed by atoms with E-state index in [0.29, 0.717) is 48.5 Å². The van der Waals surface area contributed by atoms with Crippen LogP contribution in [0.4, 0.5) is 0 Å². The van der Waals surface area contributed by atoms with Gasteiger partial charge in [0.15, 0.2) is 0 Å². The Morgan fingerprint density at radius 1 is 1.39 bits per heavy atom. The standard InChI is InChI=1S/C21H27N3O4/c1-3-6-17-19(15(2)23-28-17)20(25)24-13-21(14-24)16(9-12-27-21)8-11-26-18-7-4-5-10-22-18/h4-5,7,10,16H,3,6,8-9,11-14H2,1-2H3. The molecule has 1 atom stereocenters. The van der Waals surface area contributed by atoms with Crippen LogP contribution < -0.4 is 4.74 Å². The third kappa shape index (κ3) is 3.51. The normalized spacial score (nSPS) is 20.4. The average Bonchev–Trinajstić information content (AvgIpc) is 3.25. The Morgan fingerprint density at radius 3 is 3.00 bits per heavy atom. The minimum atomic E-state index is -0.237. The van der Waals surface area contributed by atoms with Crippen molar-refractivity contribution in [2.24, 2.45) is 5.92 Å². The van der Waals surface area contributed by atoms with Crippen molar-refractivity contribution in [1.82, 2.24) is 15.0 Å². The molecule has 2 aliphatic heterocycles. The van der Waals surface area contributed by atoms with Crippen LogP contribution in [0.15, 0.2) is 28.9 Å². The topological polar surface area (TPSA) is 77.7 Å². The Hall–Kier alpha value is -2.41.